The Hall–Kier alpha value is -1.61. The molecule has 1 aromatic carbocycles. The molecule has 1 aromatic heterocycles. The minimum absolute atomic E-state index is 0.431. The molecule has 0 spiro atoms. The Balaban J connectivity index is 2.01. The van der Waals surface area contributed by atoms with Crippen LogP contribution in [0.1, 0.15) is 38.1 Å². The van der Waals surface area contributed by atoms with Gasteiger partial charge in [-0.15, -0.1) is 0 Å². The molecule has 0 aliphatic carbocycles. The van der Waals surface area contributed by atoms with Crippen LogP contribution in [0.4, 0.5) is 0 Å². The van der Waals surface area contributed by atoms with E-state index in [0.29, 0.717) is 12.0 Å². The number of hydrogen-bond acceptors (Lipinski definition) is 2. The van der Waals surface area contributed by atoms with E-state index in [2.05, 4.69) is 73.8 Å². The van der Waals surface area contributed by atoms with E-state index in [4.69, 9.17) is 0 Å². The second-order valence-corrected chi connectivity index (χ2v) is 5.95. The van der Waals surface area contributed by atoms with Gasteiger partial charge in [0.1, 0.15) is 0 Å². The van der Waals surface area contributed by atoms with Gasteiger partial charge in [0.05, 0.1) is 5.69 Å². The van der Waals surface area contributed by atoms with E-state index >= 15 is 0 Å². The SMILES string of the molecule is CCNCC(Cc1ccccc1)Cc1ccn(C(C)C)n1. The van der Waals surface area contributed by atoms with Crippen LogP contribution in [-0.2, 0) is 12.8 Å². The van der Waals surface area contributed by atoms with Gasteiger partial charge in [0.25, 0.3) is 0 Å². The van der Waals surface area contributed by atoms with Crippen molar-refractivity contribution < 1.29 is 0 Å². The van der Waals surface area contributed by atoms with Crippen LogP contribution in [0.25, 0.3) is 0 Å². The summed E-state index contributed by atoms with van der Waals surface area (Å²) in [6, 6.07) is 13.3. The van der Waals surface area contributed by atoms with E-state index in [9.17, 15) is 0 Å². The maximum absolute atomic E-state index is 4.69. The van der Waals surface area contributed by atoms with Crippen molar-refractivity contribution >= 4 is 0 Å². The van der Waals surface area contributed by atoms with E-state index in [1.807, 2.05) is 4.68 Å². The Bertz CT molecular complexity index is 516. The predicted molar refractivity (Wildman–Crippen MR) is 88.5 cm³/mol. The molecule has 0 aliphatic heterocycles. The lowest BCUT2D eigenvalue weighted by Gasteiger charge is -2.16. The van der Waals surface area contributed by atoms with Crippen LogP contribution in [0, 0.1) is 5.92 Å². The fourth-order valence-electron chi connectivity index (χ4n) is 2.58. The average molecular weight is 285 g/mol. The predicted octanol–water partition coefficient (Wildman–Crippen LogP) is 3.47. The fraction of sp³-hybridized carbons (Fsp3) is 0.500. The topological polar surface area (TPSA) is 29.9 Å². The highest BCUT2D eigenvalue weighted by molar-refractivity contribution is 5.16. The average Bonchev–Trinajstić information content (AvgIpc) is 2.94. The normalized spacial score (nSPS) is 12.8. The summed E-state index contributed by atoms with van der Waals surface area (Å²) in [6.45, 7) is 8.55. The molecule has 1 unspecified atom stereocenters. The zero-order valence-corrected chi connectivity index (χ0v) is 13.4. The maximum Gasteiger partial charge on any atom is 0.0628 e. The molecule has 1 atom stereocenters. The van der Waals surface area contributed by atoms with Gasteiger partial charge in [-0.05, 0) is 57.3 Å². The minimum Gasteiger partial charge on any atom is -0.317 e. The summed E-state index contributed by atoms with van der Waals surface area (Å²) in [6.07, 6.45) is 4.22. The molecule has 0 fully saturated rings. The third-order valence-electron chi connectivity index (χ3n) is 3.74. The van der Waals surface area contributed by atoms with Gasteiger partial charge >= 0.3 is 0 Å². The highest BCUT2D eigenvalue weighted by atomic mass is 15.3. The van der Waals surface area contributed by atoms with Gasteiger partial charge in [-0.2, -0.15) is 5.10 Å². The third-order valence-corrected chi connectivity index (χ3v) is 3.74. The smallest absolute Gasteiger partial charge is 0.0628 e. The van der Waals surface area contributed by atoms with Crippen molar-refractivity contribution in [1.29, 1.82) is 0 Å². The highest BCUT2D eigenvalue weighted by Gasteiger charge is 2.13. The van der Waals surface area contributed by atoms with Gasteiger partial charge < -0.3 is 5.32 Å². The Labute approximate surface area is 128 Å². The van der Waals surface area contributed by atoms with Gasteiger partial charge in [-0.1, -0.05) is 37.3 Å². The summed E-state index contributed by atoms with van der Waals surface area (Å²) in [5, 5.41) is 8.17. The van der Waals surface area contributed by atoms with Crippen molar-refractivity contribution in [1.82, 2.24) is 15.1 Å². The van der Waals surface area contributed by atoms with Crippen molar-refractivity contribution in [3.8, 4) is 0 Å². The van der Waals surface area contributed by atoms with Gasteiger partial charge in [-0.25, -0.2) is 0 Å². The standard InChI is InChI=1S/C18H27N3/c1-4-19-14-17(12-16-8-6-5-7-9-16)13-18-10-11-21(20-18)15(2)3/h5-11,15,17,19H,4,12-14H2,1-3H3. The molecule has 2 aromatic rings. The van der Waals surface area contributed by atoms with Gasteiger partial charge in [0.15, 0.2) is 0 Å². The number of nitrogens with zero attached hydrogens (tertiary/aromatic N) is 2. The Morgan fingerprint density at radius 3 is 2.48 bits per heavy atom. The van der Waals surface area contributed by atoms with Crippen molar-refractivity contribution in [3.63, 3.8) is 0 Å². The quantitative estimate of drug-likeness (QED) is 0.805. The lowest BCUT2D eigenvalue weighted by Crippen LogP contribution is -2.26. The van der Waals surface area contributed by atoms with E-state index in [-0.39, 0.29) is 0 Å². The molecule has 0 radical (unpaired) electrons. The largest absolute Gasteiger partial charge is 0.317 e. The fourth-order valence-corrected chi connectivity index (χ4v) is 2.58. The lowest BCUT2D eigenvalue weighted by molar-refractivity contribution is 0.463. The first kappa shape index (κ1) is 15.8. The molecular formula is C18H27N3. The number of nitrogens with one attached hydrogen (secondary N) is 1. The summed E-state index contributed by atoms with van der Waals surface area (Å²) in [5.74, 6) is 0.586. The summed E-state index contributed by atoms with van der Waals surface area (Å²) < 4.78 is 2.04. The van der Waals surface area contributed by atoms with Crippen molar-refractivity contribution in [3.05, 3.63) is 53.9 Å². The second-order valence-electron chi connectivity index (χ2n) is 5.95. The van der Waals surface area contributed by atoms with Crippen LogP contribution in [0.2, 0.25) is 0 Å². The molecule has 2 rings (SSSR count). The second kappa shape index (κ2) is 7.99. The Kier molecular flexibility index (Phi) is 6.00. The number of rotatable bonds is 8. The van der Waals surface area contributed by atoms with E-state index in [1.54, 1.807) is 0 Å². The van der Waals surface area contributed by atoms with E-state index in [0.717, 1.165) is 25.9 Å². The first-order valence-corrected chi connectivity index (χ1v) is 7.97. The molecule has 0 bridgehead atoms. The van der Waals surface area contributed by atoms with Gasteiger partial charge in [0, 0.05) is 12.2 Å². The number of benzene rings is 1. The summed E-state index contributed by atoms with van der Waals surface area (Å²) in [4.78, 5) is 0. The zero-order valence-electron chi connectivity index (χ0n) is 13.4. The van der Waals surface area contributed by atoms with Crippen LogP contribution in [-0.4, -0.2) is 22.9 Å². The Morgan fingerprint density at radius 2 is 1.86 bits per heavy atom. The minimum atomic E-state index is 0.431. The first-order valence-electron chi connectivity index (χ1n) is 7.97. The molecule has 21 heavy (non-hydrogen) atoms. The number of hydrogen-bond donors (Lipinski definition) is 1. The summed E-state index contributed by atoms with van der Waals surface area (Å²) >= 11 is 0. The molecule has 0 saturated carbocycles. The number of aromatic nitrogens is 2. The summed E-state index contributed by atoms with van der Waals surface area (Å²) in [7, 11) is 0. The molecule has 3 nitrogen and oxygen atoms in total. The van der Waals surface area contributed by atoms with Crippen molar-refractivity contribution in [2.45, 2.75) is 39.7 Å². The van der Waals surface area contributed by atoms with Crippen LogP contribution in [0.3, 0.4) is 0 Å². The van der Waals surface area contributed by atoms with Crippen molar-refractivity contribution in [2.24, 2.45) is 5.92 Å². The lowest BCUT2D eigenvalue weighted by atomic mass is 9.94. The molecule has 114 valence electrons. The Morgan fingerprint density at radius 1 is 1.10 bits per heavy atom. The summed E-state index contributed by atoms with van der Waals surface area (Å²) in [5.41, 5.74) is 2.60. The highest BCUT2D eigenvalue weighted by Crippen LogP contribution is 2.14. The zero-order chi connectivity index (χ0) is 15.1. The third kappa shape index (κ3) is 5.01. The first-order chi connectivity index (χ1) is 10.2. The van der Waals surface area contributed by atoms with Crippen LogP contribution in [0.15, 0.2) is 42.6 Å². The van der Waals surface area contributed by atoms with Crippen LogP contribution in [0.5, 0.6) is 0 Å². The molecule has 0 amide bonds. The van der Waals surface area contributed by atoms with Crippen LogP contribution < -0.4 is 5.32 Å². The molecule has 3 heteroatoms. The molecule has 1 N–H and O–H groups in total. The van der Waals surface area contributed by atoms with E-state index < -0.39 is 0 Å². The maximum atomic E-state index is 4.69. The molecule has 1 heterocycles. The van der Waals surface area contributed by atoms with E-state index in [1.165, 1.54) is 11.3 Å². The monoisotopic (exact) mass is 285 g/mol. The van der Waals surface area contributed by atoms with Gasteiger partial charge in [-0.3, -0.25) is 4.68 Å². The molecule has 0 saturated heterocycles. The van der Waals surface area contributed by atoms with Crippen LogP contribution >= 0.6 is 0 Å². The molecule has 0 aliphatic rings. The molecular weight excluding hydrogens is 258 g/mol. The van der Waals surface area contributed by atoms with Crippen molar-refractivity contribution in [2.75, 3.05) is 13.1 Å². The van der Waals surface area contributed by atoms with Gasteiger partial charge in [0.2, 0.25) is 0 Å².